The molecule has 2 aromatic rings. The first-order valence-electron chi connectivity index (χ1n) is 11.9. The van der Waals surface area contributed by atoms with Gasteiger partial charge in [0.25, 0.3) is 0 Å². The van der Waals surface area contributed by atoms with E-state index in [1.165, 1.54) is 25.2 Å². The zero-order valence-corrected chi connectivity index (χ0v) is 19.6. The molecule has 1 unspecified atom stereocenters. The Hall–Kier alpha value is -2.46. The third-order valence-corrected chi connectivity index (χ3v) is 7.14. The molecule has 2 fully saturated rings. The molecule has 0 bridgehead atoms. The Morgan fingerprint density at radius 3 is 2.59 bits per heavy atom. The van der Waals surface area contributed by atoms with Gasteiger partial charge in [-0.1, -0.05) is 6.92 Å². The Morgan fingerprint density at radius 2 is 1.94 bits per heavy atom. The molecule has 7 nitrogen and oxygen atoms in total. The van der Waals surface area contributed by atoms with Crippen molar-refractivity contribution in [2.45, 2.75) is 63.4 Å². The molecule has 10 heteroatoms. The Balaban J connectivity index is 1.24. The van der Waals surface area contributed by atoms with Crippen LogP contribution in [0.15, 0.2) is 24.5 Å². The summed E-state index contributed by atoms with van der Waals surface area (Å²) in [5, 5.41) is 6.09. The number of hydrogen-bond donors (Lipinski definition) is 2. The predicted molar refractivity (Wildman–Crippen MR) is 123 cm³/mol. The lowest BCUT2D eigenvalue weighted by molar-refractivity contribution is -0.137. The number of nitrogens with zero attached hydrogens (tertiary/aromatic N) is 3. The average molecular weight is 480 g/mol. The highest BCUT2D eigenvalue weighted by atomic mass is 19.4. The minimum atomic E-state index is -4.46. The summed E-state index contributed by atoms with van der Waals surface area (Å²) in [6, 6.07) is 3.95. The van der Waals surface area contributed by atoms with Crippen LogP contribution >= 0.6 is 0 Å². The number of ether oxygens (including phenoxy) is 1. The van der Waals surface area contributed by atoms with Crippen LogP contribution in [-0.2, 0) is 15.7 Å². The van der Waals surface area contributed by atoms with Crippen molar-refractivity contribution in [1.82, 2.24) is 20.2 Å². The summed E-state index contributed by atoms with van der Waals surface area (Å²) < 4.78 is 44.8. The van der Waals surface area contributed by atoms with Gasteiger partial charge in [0.1, 0.15) is 12.1 Å². The SMILES string of the molecule is CCC(OC)C1CCC(N2CC(NC(=O)CNc3ncnc4ccc(C(F)(F)F)cc34)C2)CC1. The maximum absolute atomic E-state index is 13.1. The zero-order valence-electron chi connectivity index (χ0n) is 19.6. The average Bonchev–Trinajstić information content (AvgIpc) is 2.80. The fourth-order valence-corrected chi connectivity index (χ4v) is 5.25. The number of hydrogen-bond acceptors (Lipinski definition) is 6. The van der Waals surface area contributed by atoms with Crippen LogP contribution in [0.3, 0.4) is 0 Å². The highest BCUT2D eigenvalue weighted by Gasteiger charge is 2.36. The van der Waals surface area contributed by atoms with Gasteiger partial charge in [0.2, 0.25) is 5.91 Å². The van der Waals surface area contributed by atoms with E-state index >= 15 is 0 Å². The summed E-state index contributed by atoms with van der Waals surface area (Å²) in [5.41, 5.74) is -0.399. The first-order valence-corrected chi connectivity index (χ1v) is 11.9. The lowest BCUT2D eigenvalue weighted by atomic mass is 9.80. The Labute approximate surface area is 197 Å². The molecular formula is C24H32F3N5O2. The molecule has 1 amide bonds. The second-order valence-electron chi connectivity index (χ2n) is 9.27. The molecule has 1 aromatic heterocycles. The molecule has 1 aliphatic carbocycles. The third kappa shape index (κ3) is 5.60. The number of fused-ring (bicyclic) bond motifs is 1. The molecule has 0 radical (unpaired) electrons. The van der Waals surface area contributed by atoms with Crippen LogP contribution in [0.1, 0.15) is 44.6 Å². The quantitative estimate of drug-likeness (QED) is 0.599. The molecule has 2 heterocycles. The number of nitrogens with one attached hydrogen (secondary N) is 2. The fraction of sp³-hybridized carbons (Fsp3) is 0.625. The fourth-order valence-electron chi connectivity index (χ4n) is 5.25. The summed E-state index contributed by atoms with van der Waals surface area (Å²) in [7, 11) is 1.80. The van der Waals surface area contributed by atoms with E-state index in [-0.39, 0.29) is 29.7 Å². The highest BCUT2D eigenvalue weighted by molar-refractivity contribution is 5.91. The van der Waals surface area contributed by atoms with Gasteiger partial charge in [-0.2, -0.15) is 13.2 Å². The molecule has 1 saturated heterocycles. The maximum Gasteiger partial charge on any atom is 0.416 e. The van der Waals surface area contributed by atoms with Gasteiger partial charge in [-0.05, 0) is 56.2 Å². The topological polar surface area (TPSA) is 79.4 Å². The van der Waals surface area contributed by atoms with E-state index in [4.69, 9.17) is 4.74 Å². The molecule has 2 N–H and O–H groups in total. The number of halogens is 3. The number of methoxy groups -OCH3 is 1. The van der Waals surface area contributed by atoms with Gasteiger partial charge in [0.15, 0.2) is 0 Å². The number of carbonyl (C=O) groups is 1. The summed E-state index contributed by atoms with van der Waals surface area (Å²) >= 11 is 0. The van der Waals surface area contributed by atoms with E-state index in [1.54, 1.807) is 7.11 Å². The monoisotopic (exact) mass is 479 g/mol. The molecule has 1 aromatic carbocycles. The summed E-state index contributed by atoms with van der Waals surface area (Å²) in [6.07, 6.45) is 2.88. The lowest BCUT2D eigenvalue weighted by Crippen LogP contribution is -2.63. The van der Waals surface area contributed by atoms with Crippen LogP contribution in [-0.4, -0.2) is 65.7 Å². The standard InChI is InChI=1S/C24H32F3N5O2/c1-3-21(34-2)15-4-7-18(8-5-15)32-12-17(13-32)31-22(33)11-28-23-19-10-16(24(25,26)27)6-9-20(19)29-14-30-23/h6,9-10,14-15,17-18,21H,3-5,7-8,11-13H2,1-2H3,(H,31,33)(H,28,29,30). The number of likely N-dealkylation sites (tertiary alicyclic amines) is 1. The van der Waals surface area contributed by atoms with Crippen molar-refractivity contribution in [3.05, 3.63) is 30.1 Å². The molecule has 34 heavy (non-hydrogen) atoms. The van der Waals surface area contributed by atoms with E-state index in [9.17, 15) is 18.0 Å². The minimum absolute atomic E-state index is 0.0700. The number of rotatable bonds is 8. The van der Waals surface area contributed by atoms with Crippen molar-refractivity contribution in [2.24, 2.45) is 5.92 Å². The van der Waals surface area contributed by atoms with Crippen LogP contribution in [0, 0.1) is 5.92 Å². The van der Waals surface area contributed by atoms with Crippen molar-refractivity contribution in [2.75, 3.05) is 32.1 Å². The second kappa shape index (κ2) is 10.4. The Morgan fingerprint density at radius 1 is 1.21 bits per heavy atom. The normalized spacial score (nSPS) is 22.9. The first kappa shape index (κ1) is 24.7. The number of anilines is 1. The summed E-state index contributed by atoms with van der Waals surface area (Å²) in [4.78, 5) is 22.9. The molecule has 1 atom stereocenters. The van der Waals surface area contributed by atoms with Crippen LogP contribution in [0.25, 0.3) is 10.9 Å². The van der Waals surface area contributed by atoms with Crippen LogP contribution in [0.4, 0.5) is 19.0 Å². The Kier molecular flexibility index (Phi) is 7.57. The Bertz CT molecular complexity index is 984. The van der Waals surface area contributed by atoms with Crippen molar-refractivity contribution >= 4 is 22.6 Å². The van der Waals surface area contributed by atoms with Gasteiger partial charge in [-0.25, -0.2) is 9.97 Å². The van der Waals surface area contributed by atoms with E-state index in [0.717, 1.165) is 44.5 Å². The smallest absolute Gasteiger partial charge is 0.381 e. The molecule has 4 rings (SSSR count). The van der Waals surface area contributed by atoms with Gasteiger partial charge in [-0.3, -0.25) is 9.69 Å². The second-order valence-corrected chi connectivity index (χ2v) is 9.27. The molecule has 1 saturated carbocycles. The van der Waals surface area contributed by atoms with Gasteiger partial charge < -0.3 is 15.4 Å². The van der Waals surface area contributed by atoms with Crippen molar-refractivity contribution in [3.63, 3.8) is 0 Å². The molecular weight excluding hydrogens is 447 g/mol. The van der Waals surface area contributed by atoms with E-state index in [0.29, 0.717) is 23.6 Å². The minimum Gasteiger partial charge on any atom is -0.381 e. The van der Waals surface area contributed by atoms with Crippen molar-refractivity contribution < 1.29 is 22.7 Å². The summed E-state index contributed by atoms with van der Waals surface area (Å²) in [5.74, 6) is 0.636. The number of alkyl halides is 3. The van der Waals surface area contributed by atoms with E-state index in [2.05, 4.69) is 32.4 Å². The molecule has 186 valence electrons. The number of carbonyl (C=O) groups excluding carboxylic acids is 1. The highest BCUT2D eigenvalue weighted by Crippen LogP contribution is 2.34. The first-order chi connectivity index (χ1) is 16.3. The van der Waals surface area contributed by atoms with E-state index < -0.39 is 11.7 Å². The van der Waals surface area contributed by atoms with Gasteiger partial charge in [-0.15, -0.1) is 0 Å². The van der Waals surface area contributed by atoms with Gasteiger partial charge >= 0.3 is 6.18 Å². The molecule has 0 spiro atoms. The lowest BCUT2D eigenvalue weighted by Gasteiger charge is -2.47. The van der Waals surface area contributed by atoms with Crippen LogP contribution in [0.5, 0.6) is 0 Å². The van der Waals surface area contributed by atoms with Crippen LogP contribution < -0.4 is 10.6 Å². The number of amides is 1. The zero-order chi connectivity index (χ0) is 24.3. The third-order valence-electron chi connectivity index (χ3n) is 7.14. The predicted octanol–water partition coefficient (Wildman–Crippen LogP) is 3.84. The number of benzene rings is 1. The van der Waals surface area contributed by atoms with Crippen LogP contribution in [0.2, 0.25) is 0 Å². The van der Waals surface area contributed by atoms with Crippen molar-refractivity contribution in [3.8, 4) is 0 Å². The largest absolute Gasteiger partial charge is 0.416 e. The van der Waals surface area contributed by atoms with Gasteiger partial charge in [0.05, 0.1) is 29.8 Å². The summed E-state index contributed by atoms with van der Waals surface area (Å²) in [6.45, 7) is 3.76. The molecule has 2 aliphatic rings. The van der Waals surface area contributed by atoms with Crippen molar-refractivity contribution in [1.29, 1.82) is 0 Å². The van der Waals surface area contributed by atoms with E-state index in [1.807, 2.05) is 0 Å². The number of aromatic nitrogens is 2. The maximum atomic E-state index is 13.1. The van der Waals surface area contributed by atoms with Gasteiger partial charge in [0, 0.05) is 31.6 Å². The molecule has 1 aliphatic heterocycles.